The topological polar surface area (TPSA) is 541 Å². The van der Waals surface area contributed by atoms with Gasteiger partial charge in [0, 0.05) is 17.1 Å². The van der Waals surface area contributed by atoms with Crippen LogP contribution in [0.1, 0.15) is 7.43 Å². The van der Waals surface area contributed by atoms with Gasteiger partial charge in [-0.3, -0.25) is 9.22 Å². The van der Waals surface area contributed by atoms with E-state index in [1.54, 1.807) is 0 Å². The SMILES string of the molecule is C.Nc1c(N=Nc2cc(Nc3nc(Cl)nc(Nc4ccc(S(=O)(=O)CCOS(=O)(=O)[O-])cc4)n3)ccc2S(=O)(=O)[O-])cc(S(=O)(=O)[O-])c(N)c1N=Nc1cc(Nc2nc(F)nc(Nc3ccccc3S(=O)(=O)[O-])n2)ccc1SOO[O-].[Na+].[Na+].[Na+].[Na+].[Na+]. The van der Waals surface area contributed by atoms with Gasteiger partial charge in [0.2, 0.25) is 39.5 Å². The number of azo groups is 2. The Bertz CT molecular complexity index is 4230. The maximum atomic E-state index is 14.6. The second-order valence-electron chi connectivity index (χ2n) is 15.0. The van der Waals surface area contributed by atoms with Crippen molar-refractivity contribution in [2.75, 3.05) is 45.1 Å². The van der Waals surface area contributed by atoms with E-state index in [2.05, 4.69) is 85.2 Å². The van der Waals surface area contributed by atoms with Crippen LogP contribution in [0.3, 0.4) is 0 Å². The monoisotopic (exact) mass is 1370 g/mol. The zero-order valence-corrected chi connectivity index (χ0v) is 59.4. The molecule has 0 unspecified atom stereocenters. The van der Waals surface area contributed by atoms with Crippen LogP contribution in [-0.4, -0.2) is 103 Å². The van der Waals surface area contributed by atoms with Crippen LogP contribution >= 0.6 is 23.6 Å². The second kappa shape index (κ2) is 34.5. The van der Waals surface area contributed by atoms with Gasteiger partial charge in [-0.25, -0.2) is 42.1 Å². The molecule has 47 heteroatoms. The molecule has 2 aromatic heterocycles. The molecule has 34 nitrogen and oxygen atoms in total. The van der Waals surface area contributed by atoms with Crippen molar-refractivity contribution in [3.8, 4) is 0 Å². The number of nitrogens with one attached hydrogen (secondary N) is 4. The fourth-order valence-corrected chi connectivity index (χ4v) is 10.2. The molecule has 0 fully saturated rings. The van der Waals surface area contributed by atoms with Gasteiger partial charge in [0.1, 0.15) is 53.1 Å². The minimum atomic E-state index is -5.54. The summed E-state index contributed by atoms with van der Waals surface area (Å²) in [6.07, 6.45) is -1.40. The molecule has 430 valence electrons. The van der Waals surface area contributed by atoms with Crippen molar-refractivity contribution in [1.82, 2.24) is 29.9 Å². The third-order valence-corrected chi connectivity index (χ3v) is 15.3. The molecular weight excluding hydrogens is 1340 g/mol. The maximum Gasteiger partial charge on any atom is 1.00 e. The van der Waals surface area contributed by atoms with Crippen LogP contribution in [0.4, 0.5) is 85.1 Å². The van der Waals surface area contributed by atoms with Crippen molar-refractivity contribution in [2.24, 2.45) is 20.5 Å². The zero-order chi connectivity index (χ0) is 58.4. The van der Waals surface area contributed by atoms with Crippen molar-refractivity contribution in [3.05, 3.63) is 102 Å². The Hall–Kier alpha value is -2.88. The Morgan fingerprint density at radius 2 is 1.05 bits per heavy atom. The molecule has 0 radical (unpaired) electrons. The molecule has 86 heavy (non-hydrogen) atoms. The van der Waals surface area contributed by atoms with Gasteiger partial charge in [0.15, 0.2) is 9.84 Å². The van der Waals surface area contributed by atoms with Crippen molar-refractivity contribution < 1.29 is 231 Å². The summed E-state index contributed by atoms with van der Waals surface area (Å²) in [5, 5.41) is 39.6. The fourth-order valence-electron chi connectivity index (χ4n) is 6.28. The molecule has 0 spiro atoms. The summed E-state index contributed by atoms with van der Waals surface area (Å²) in [4.78, 5) is 19.6. The number of anilines is 10. The molecule has 0 aliphatic carbocycles. The first kappa shape index (κ1) is 81.1. The number of sulfone groups is 1. The van der Waals surface area contributed by atoms with Gasteiger partial charge in [-0.05, 0) is 90.5 Å². The van der Waals surface area contributed by atoms with Gasteiger partial charge < -0.3 is 56.2 Å². The van der Waals surface area contributed by atoms with Crippen LogP contribution in [-0.2, 0) is 64.1 Å². The molecule has 0 amide bonds. The Balaban J connectivity index is 0.00000616. The number of nitrogen functional groups attached to an aromatic ring is 2. The molecular formula is C39H31ClFN16Na5O18S6. The van der Waals surface area contributed by atoms with E-state index in [9.17, 15) is 69.9 Å². The summed E-state index contributed by atoms with van der Waals surface area (Å²) in [7, 11) is -25.2. The van der Waals surface area contributed by atoms with Crippen molar-refractivity contribution in [3.63, 3.8) is 0 Å². The Kier molecular flexibility index (Phi) is 32.6. The quantitative estimate of drug-likeness (QED) is 0.00506. The van der Waals surface area contributed by atoms with E-state index in [1.807, 2.05) is 0 Å². The van der Waals surface area contributed by atoms with Gasteiger partial charge >= 0.3 is 154 Å². The predicted molar refractivity (Wildman–Crippen MR) is 273 cm³/mol. The van der Waals surface area contributed by atoms with Gasteiger partial charge in [-0.2, -0.15) is 38.6 Å². The van der Waals surface area contributed by atoms with E-state index in [1.165, 1.54) is 42.5 Å². The standard InChI is InChI=1S/C38H32ClFN16O18S6.CH4.5Na/c39-33-47-35(43-18-5-9-21(10-6-18)76(58,59)14-13-72-80(69,70)71)51-36(48-33)44-20-8-12-28(78(63,64)65)24(16-20)54-55-25-17-29(79(66,67)68)31(42)32(30(25)41)56-53-23-15-19(7-11-26(23)75-74-73-57)45-37-49-34(40)50-38(52-37)46-22-3-1-2-4-27(22)77(60,61)62;;;;;;/h1-12,15-17,57H,13-14,41-42H2,(H,60,61,62)(H,63,64,65)(H,66,67,68)(H,69,70,71)(H2,43,44,47,48,51)(H2,45,46,49,50,52);1H4;;;;;/q;;5*+1/p-5. The maximum absolute atomic E-state index is 14.6. The molecule has 7 rings (SSSR count). The molecule has 0 atom stereocenters. The minimum absolute atomic E-state index is 0. The normalized spacial score (nSPS) is 11.6. The largest absolute Gasteiger partial charge is 1.00 e. The molecule has 0 aliphatic rings. The molecule has 2 heterocycles. The third-order valence-electron chi connectivity index (χ3n) is 9.63. The van der Waals surface area contributed by atoms with Crippen molar-refractivity contribution in [2.45, 2.75) is 31.9 Å². The van der Waals surface area contributed by atoms with E-state index >= 15 is 0 Å². The van der Waals surface area contributed by atoms with Crippen LogP contribution in [0.15, 0.2) is 136 Å². The summed E-state index contributed by atoms with van der Waals surface area (Å²) >= 11 is 6.37. The first-order valence-electron chi connectivity index (χ1n) is 20.7. The average Bonchev–Trinajstić information content (AvgIpc) is 2.78. The van der Waals surface area contributed by atoms with Crippen molar-refractivity contribution in [1.29, 1.82) is 0 Å². The summed E-state index contributed by atoms with van der Waals surface area (Å²) in [5.41, 5.74) is 7.95. The summed E-state index contributed by atoms with van der Waals surface area (Å²) in [6, 6.07) is 16.5. The Morgan fingerprint density at radius 3 is 1.60 bits per heavy atom. The smallest absolute Gasteiger partial charge is 0.744 e. The number of rotatable bonds is 23. The van der Waals surface area contributed by atoms with Gasteiger partial charge in [-0.1, -0.05) is 19.6 Å². The Labute approximate surface area is 607 Å². The minimum Gasteiger partial charge on any atom is -0.744 e. The average molecular weight is 1370 g/mol. The van der Waals surface area contributed by atoms with E-state index in [4.69, 9.17) is 23.1 Å². The number of para-hydroxylation sites is 1. The number of nitrogens with zero attached hydrogens (tertiary/aromatic N) is 10. The summed E-state index contributed by atoms with van der Waals surface area (Å²) in [5.74, 6) is -2.53. The predicted octanol–water partition coefficient (Wildman–Crippen LogP) is -10.3. The van der Waals surface area contributed by atoms with Crippen LogP contribution in [0.25, 0.3) is 0 Å². The van der Waals surface area contributed by atoms with Crippen LogP contribution in [0.5, 0.6) is 0 Å². The van der Waals surface area contributed by atoms with Crippen LogP contribution < -0.4 is 186 Å². The van der Waals surface area contributed by atoms with Gasteiger partial charge in [0.05, 0.1) is 65.9 Å². The number of nitrogens with two attached hydrogens (primary N) is 2. The molecule has 0 bridgehead atoms. The first-order valence-corrected chi connectivity index (χ1v) is 29.1. The van der Waals surface area contributed by atoms with E-state index < -0.39 is 129 Å². The summed E-state index contributed by atoms with van der Waals surface area (Å²) in [6.45, 7) is -0.929. The fraction of sp³-hybridized carbons (Fsp3) is 0.0769. The zero-order valence-electron chi connectivity index (χ0n) is 43.8. The first-order chi connectivity index (χ1) is 37.4. The molecule has 0 saturated heterocycles. The molecule has 8 N–H and O–H groups in total. The van der Waals surface area contributed by atoms with Crippen LogP contribution in [0.2, 0.25) is 5.28 Å². The number of hydrogen-bond acceptors (Lipinski definition) is 35. The second-order valence-corrected chi connectivity index (χ2v) is 23.3. The summed E-state index contributed by atoms with van der Waals surface area (Å²) < 4.78 is 190. The Morgan fingerprint density at radius 1 is 0.558 bits per heavy atom. The van der Waals surface area contributed by atoms with Crippen LogP contribution in [0, 0.1) is 6.08 Å². The number of halogens is 2. The molecule has 5 aromatic carbocycles. The van der Waals surface area contributed by atoms with Gasteiger partial charge in [0.25, 0.3) is 0 Å². The number of hydrogen-bond donors (Lipinski definition) is 6. The molecule has 0 saturated carbocycles. The van der Waals surface area contributed by atoms with Crippen molar-refractivity contribution >= 4 is 155 Å². The number of benzene rings is 5. The van der Waals surface area contributed by atoms with E-state index in [0.29, 0.717) is 6.07 Å². The van der Waals surface area contributed by atoms with Gasteiger partial charge in [-0.15, -0.1) is 20.5 Å². The molecule has 7 aromatic rings. The molecule has 0 aliphatic heterocycles. The van der Waals surface area contributed by atoms with E-state index in [0.717, 1.165) is 42.5 Å². The van der Waals surface area contributed by atoms with E-state index in [-0.39, 0.29) is 217 Å². The number of aromatic nitrogens is 6. The third kappa shape index (κ3) is 23.1.